The molecule has 0 saturated carbocycles. The Balaban J connectivity index is 2.31. The SMILES string of the molecule is CNCc1cccc(Oc2nc(C)ccc2C(N)=O)c1. The van der Waals surface area contributed by atoms with Gasteiger partial charge in [0.1, 0.15) is 11.3 Å². The normalized spacial score (nSPS) is 10.3. The number of ether oxygens (including phenoxy) is 1. The zero-order chi connectivity index (χ0) is 14.5. The summed E-state index contributed by atoms with van der Waals surface area (Å²) in [5.74, 6) is 0.302. The molecule has 0 radical (unpaired) electrons. The van der Waals surface area contributed by atoms with Gasteiger partial charge in [-0.3, -0.25) is 4.79 Å². The first kappa shape index (κ1) is 14.0. The average molecular weight is 271 g/mol. The molecule has 1 aromatic carbocycles. The van der Waals surface area contributed by atoms with Crippen LogP contribution in [0.1, 0.15) is 21.6 Å². The van der Waals surface area contributed by atoms with E-state index in [1.165, 1.54) is 0 Å². The number of rotatable bonds is 5. The third-order valence-corrected chi connectivity index (χ3v) is 2.76. The van der Waals surface area contributed by atoms with Crippen molar-refractivity contribution in [1.82, 2.24) is 10.3 Å². The van der Waals surface area contributed by atoms with Crippen LogP contribution >= 0.6 is 0 Å². The van der Waals surface area contributed by atoms with Gasteiger partial charge in [-0.05, 0) is 43.8 Å². The number of hydrogen-bond acceptors (Lipinski definition) is 4. The summed E-state index contributed by atoms with van der Waals surface area (Å²) in [6.07, 6.45) is 0. The lowest BCUT2D eigenvalue weighted by Crippen LogP contribution is -2.13. The highest BCUT2D eigenvalue weighted by Gasteiger charge is 2.12. The van der Waals surface area contributed by atoms with E-state index in [1.54, 1.807) is 12.1 Å². The molecular formula is C15H17N3O2. The minimum atomic E-state index is -0.557. The molecule has 0 spiro atoms. The number of amides is 1. The Bertz CT molecular complexity index is 626. The molecular weight excluding hydrogens is 254 g/mol. The van der Waals surface area contributed by atoms with Gasteiger partial charge in [-0.2, -0.15) is 0 Å². The van der Waals surface area contributed by atoms with Gasteiger partial charge in [0.05, 0.1) is 0 Å². The first-order valence-electron chi connectivity index (χ1n) is 6.29. The Morgan fingerprint density at radius 3 is 2.85 bits per heavy atom. The maximum atomic E-state index is 11.4. The number of hydrogen-bond donors (Lipinski definition) is 2. The van der Waals surface area contributed by atoms with E-state index < -0.39 is 5.91 Å². The minimum Gasteiger partial charge on any atom is -0.438 e. The van der Waals surface area contributed by atoms with Crippen LogP contribution in [0, 0.1) is 6.92 Å². The highest BCUT2D eigenvalue weighted by atomic mass is 16.5. The van der Waals surface area contributed by atoms with Crippen LogP contribution in [0.25, 0.3) is 0 Å². The first-order chi connectivity index (χ1) is 9.60. The Hall–Kier alpha value is -2.40. The van der Waals surface area contributed by atoms with Crippen LogP contribution in [-0.2, 0) is 6.54 Å². The van der Waals surface area contributed by atoms with E-state index in [1.807, 2.05) is 38.2 Å². The highest BCUT2D eigenvalue weighted by Crippen LogP contribution is 2.24. The zero-order valence-electron chi connectivity index (χ0n) is 11.5. The van der Waals surface area contributed by atoms with Crippen molar-refractivity contribution in [1.29, 1.82) is 0 Å². The van der Waals surface area contributed by atoms with Gasteiger partial charge < -0.3 is 15.8 Å². The monoisotopic (exact) mass is 271 g/mol. The number of primary amides is 1. The van der Waals surface area contributed by atoms with Crippen LogP contribution in [-0.4, -0.2) is 17.9 Å². The standard InChI is InChI=1S/C15H17N3O2/c1-10-6-7-13(14(16)19)15(18-10)20-12-5-3-4-11(8-12)9-17-2/h3-8,17H,9H2,1-2H3,(H2,16,19). The summed E-state index contributed by atoms with van der Waals surface area (Å²) in [6.45, 7) is 2.57. The fourth-order valence-corrected chi connectivity index (χ4v) is 1.83. The van der Waals surface area contributed by atoms with Crippen molar-refractivity contribution in [3.8, 4) is 11.6 Å². The van der Waals surface area contributed by atoms with Crippen molar-refractivity contribution < 1.29 is 9.53 Å². The molecule has 0 unspecified atom stereocenters. The van der Waals surface area contributed by atoms with Gasteiger partial charge in [-0.1, -0.05) is 12.1 Å². The minimum absolute atomic E-state index is 0.235. The number of pyridine rings is 1. The van der Waals surface area contributed by atoms with Crippen molar-refractivity contribution in [2.24, 2.45) is 5.73 Å². The maximum Gasteiger partial charge on any atom is 0.254 e. The summed E-state index contributed by atoms with van der Waals surface area (Å²) < 4.78 is 5.70. The Morgan fingerprint density at radius 2 is 2.15 bits per heavy atom. The largest absolute Gasteiger partial charge is 0.438 e. The number of nitrogens with two attached hydrogens (primary N) is 1. The van der Waals surface area contributed by atoms with Gasteiger partial charge in [0.25, 0.3) is 5.91 Å². The predicted octanol–water partition coefficient (Wildman–Crippen LogP) is 2.00. The molecule has 104 valence electrons. The maximum absolute atomic E-state index is 11.4. The second-order valence-electron chi connectivity index (χ2n) is 4.45. The zero-order valence-corrected chi connectivity index (χ0v) is 11.5. The lowest BCUT2D eigenvalue weighted by Gasteiger charge is -2.10. The molecule has 0 saturated heterocycles. The van der Waals surface area contributed by atoms with Gasteiger partial charge >= 0.3 is 0 Å². The second-order valence-corrected chi connectivity index (χ2v) is 4.45. The molecule has 0 aliphatic rings. The predicted molar refractivity (Wildman–Crippen MR) is 76.8 cm³/mol. The Kier molecular flexibility index (Phi) is 4.32. The third-order valence-electron chi connectivity index (χ3n) is 2.76. The van der Waals surface area contributed by atoms with E-state index in [0.717, 1.165) is 17.8 Å². The summed E-state index contributed by atoms with van der Waals surface area (Å²) in [5, 5.41) is 3.07. The van der Waals surface area contributed by atoms with Crippen molar-refractivity contribution in [2.45, 2.75) is 13.5 Å². The summed E-state index contributed by atoms with van der Waals surface area (Å²) >= 11 is 0. The molecule has 20 heavy (non-hydrogen) atoms. The first-order valence-corrected chi connectivity index (χ1v) is 6.29. The molecule has 0 atom stereocenters. The molecule has 1 heterocycles. The Labute approximate surface area is 117 Å². The second kappa shape index (κ2) is 6.16. The number of carbonyl (C=O) groups excluding carboxylic acids is 1. The van der Waals surface area contributed by atoms with Crippen molar-refractivity contribution in [3.63, 3.8) is 0 Å². The molecule has 2 rings (SSSR count). The third kappa shape index (κ3) is 3.33. The van der Waals surface area contributed by atoms with Crippen LogP contribution in [0.15, 0.2) is 36.4 Å². The number of aryl methyl sites for hydroxylation is 1. The van der Waals surface area contributed by atoms with Crippen molar-refractivity contribution in [3.05, 3.63) is 53.2 Å². The van der Waals surface area contributed by atoms with Gasteiger partial charge in [0, 0.05) is 12.2 Å². The van der Waals surface area contributed by atoms with Gasteiger partial charge in [0.2, 0.25) is 5.88 Å². The van der Waals surface area contributed by atoms with E-state index in [4.69, 9.17) is 10.5 Å². The van der Waals surface area contributed by atoms with E-state index in [2.05, 4.69) is 10.3 Å². The molecule has 3 N–H and O–H groups in total. The molecule has 5 nitrogen and oxygen atoms in total. The fraction of sp³-hybridized carbons (Fsp3) is 0.200. The van der Waals surface area contributed by atoms with Crippen molar-refractivity contribution in [2.75, 3.05) is 7.05 Å². The summed E-state index contributed by atoms with van der Waals surface area (Å²) in [4.78, 5) is 15.6. The van der Waals surface area contributed by atoms with E-state index in [0.29, 0.717) is 5.75 Å². The topological polar surface area (TPSA) is 77.2 Å². The quantitative estimate of drug-likeness (QED) is 0.872. The number of aromatic nitrogens is 1. The highest BCUT2D eigenvalue weighted by molar-refractivity contribution is 5.95. The summed E-state index contributed by atoms with van der Waals surface area (Å²) in [7, 11) is 1.88. The number of benzene rings is 1. The molecule has 5 heteroatoms. The molecule has 0 bridgehead atoms. The summed E-state index contributed by atoms with van der Waals surface area (Å²) in [6, 6.07) is 10.9. The number of nitrogens with zero attached hydrogens (tertiary/aromatic N) is 1. The molecule has 0 fully saturated rings. The number of carbonyl (C=O) groups is 1. The van der Waals surface area contributed by atoms with Crippen molar-refractivity contribution >= 4 is 5.91 Å². The molecule has 1 aromatic heterocycles. The van der Waals surface area contributed by atoms with Gasteiger partial charge in [-0.25, -0.2) is 4.98 Å². The summed E-state index contributed by atoms with van der Waals surface area (Å²) in [5.41, 5.74) is 7.44. The van der Waals surface area contributed by atoms with Gasteiger partial charge in [-0.15, -0.1) is 0 Å². The van der Waals surface area contributed by atoms with Gasteiger partial charge in [0.15, 0.2) is 0 Å². The van der Waals surface area contributed by atoms with E-state index in [9.17, 15) is 4.79 Å². The molecule has 2 aromatic rings. The van der Waals surface area contributed by atoms with Crippen LogP contribution in [0.4, 0.5) is 0 Å². The Morgan fingerprint density at radius 1 is 1.35 bits per heavy atom. The smallest absolute Gasteiger partial charge is 0.254 e. The van der Waals surface area contributed by atoms with E-state index >= 15 is 0 Å². The van der Waals surface area contributed by atoms with Crippen LogP contribution in [0.5, 0.6) is 11.6 Å². The lowest BCUT2D eigenvalue weighted by molar-refractivity contribution is 0.0997. The average Bonchev–Trinajstić information content (AvgIpc) is 2.39. The molecule has 1 amide bonds. The molecule has 0 aliphatic heterocycles. The van der Waals surface area contributed by atoms with Crippen LogP contribution < -0.4 is 15.8 Å². The fourth-order valence-electron chi connectivity index (χ4n) is 1.83. The van der Waals surface area contributed by atoms with Crippen LogP contribution in [0.3, 0.4) is 0 Å². The molecule has 0 aliphatic carbocycles. The van der Waals surface area contributed by atoms with Crippen LogP contribution in [0.2, 0.25) is 0 Å². The van der Waals surface area contributed by atoms with E-state index in [-0.39, 0.29) is 11.4 Å². The number of nitrogens with one attached hydrogen (secondary N) is 1. The lowest BCUT2D eigenvalue weighted by atomic mass is 10.2.